The lowest BCUT2D eigenvalue weighted by atomic mass is 10.0. The number of allylic oxidation sites excluding steroid dienone is 8. The van der Waals surface area contributed by atoms with Crippen molar-refractivity contribution in [2.75, 3.05) is 33.9 Å². The van der Waals surface area contributed by atoms with E-state index in [1.54, 1.807) is 0 Å². The summed E-state index contributed by atoms with van der Waals surface area (Å²) in [6.45, 7) is 5.55. The van der Waals surface area contributed by atoms with E-state index >= 15 is 0 Å². The maximum absolute atomic E-state index is 12.6. The first-order valence-electron chi connectivity index (χ1n) is 22.1. The number of hydrogen-bond acceptors (Lipinski definition) is 7. The van der Waals surface area contributed by atoms with Crippen molar-refractivity contribution in [1.82, 2.24) is 4.90 Å². The topological polar surface area (TPSA) is 82.1 Å². The van der Waals surface area contributed by atoms with Crippen molar-refractivity contribution in [3.8, 4) is 0 Å². The molecule has 0 aromatic rings. The average Bonchev–Trinajstić information content (AvgIpc) is 3.14. The zero-order chi connectivity index (χ0) is 39.6. The fourth-order valence-corrected chi connectivity index (χ4v) is 6.27. The molecule has 54 heavy (non-hydrogen) atoms. The van der Waals surface area contributed by atoms with Crippen LogP contribution in [0.5, 0.6) is 0 Å². The highest BCUT2D eigenvalue weighted by atomic mass is 16.5. The van der Waals surface area contributed by atoms with Crippen molar-refractivity contribution in [1.29, 1.82) is 0 Å². The molecule has 0 aromatic heterocycles. The molecule has 0 radical (unpaired) electrons. The van der Waals surface area contributed by atoms with Crippen LogP contribution in [-0.4, -0.2) is 62.8 Å². The van der Waals surface area contributed by atoms with E-state index in [1.165, 1.54) is 64.2 Å². The predicted octanol–water partition coefficient (Wildman–Crippen LogP) is 12.7. The number of esters is 3. The van der Waals surface area contributed by atoms with E-state index in [0.29, 0.717) is 32.5 Å². The molecule has 0 aliphatic rings. The summed E-state index contributed by atoms with van der Waals surface area (Å²) in [4.78, 5) is 37.4. The first-order chi connectivity index (χ1) is 26.4. The SMILES string of the molecule is CCOC(=O)CCCCC=CCC=CCCCCCCCCC(CCCCCCCCC=CCC=CCCCCC(=O)OCC)OC(=O)CCCN(C)C. The summed E-state index contributed by atoms with van der Waals surface area (Å²) in [6.07, 6.45) is 47.6. The number of unbranched alkanes of at least 4 members (excludes halogenated alkanes) is 16. The molecule has 0 rings (SSSR count). The molecule has 0 spiro atoms. The van der Waals surface area contributed by atoms with Gasteiger partial charge in [0.05, 0.1) is 13.2 Å². The minimum Gasteiger partial charge on any atom is -0.466 e. The molecule has 0 atom stereocenters. The molecule has 0 fully saturated rings. The van der Waals surface area contributed by atoms with Gasteiger partial charge in [0.15, 0.2) is 0 Å². The fraction of sp³-hybridized carbons (Fsp3) is 0.766. The summed E-state index contributed by atoms with van der Waals surface area (Å²) in [6, 6.07) is 0. The molecule has 312 valence electrons. The molecule has 0 saturated heterocycles. The standard InChI is InChI=1S/C47H83NO6/c1-5-52-45(49)40-35-31-27-23-19-15-11-7-9-13-17-21-25-29-33-38-44(54-47(51)42-37-43-48(3)4)39-34-30-26-22-18-14-10-8-12-16-20-24-28-32-36-41-46(50)53-6-2/h7-8,11-12,19-20,23-24,44H,5-6,9-10,13-18,21-22,25-43H2,1-4H3. The van der Waals surface area contributed by atoms with Gasteiger partial charge in [-0.25, -0.2) is 0 Å². The molecule has 0 aliphatic heterocycles. The number of ether oxygens (including phenoxy) is 3. The molecular weight excluding hydrogens is 675 g/mol. The highest BCUT2D eigenvalue weighted by Crippen LogP contribution is 2.18. The second-order valence-corrected chi connectivity index (χ2v) is 14.9. The lowest BCUT2D eigenvalue weighted by Crippen LogP contribution is -2.20. The molecule has 0 N–H and O–H groups in total. The third-order valence-corrected chi connectivity index (χ3v) is 9.40. The van der Waals surface area contributed by atoms with Gasteiger partial charge in [-0.3, -0.25) is 14.4 Å². The van der Waals surface area contributed by atoms with Gasteiger partial charge in [-0.2, -0.15) is 0 Å². The first-order valence-corrected chi connectivity index (χ1v) is 22.1. The third kappa shape index (κ3) is 40.5. The van der Waals surface area contributed by atoms with Crippen molar-refractivity contribution in [2.45, 2.75) is 200 Å². The van der Waals surface area contributed by atoms with Crippen LogP contribution in [0.3, 0.4) is 0 Å². The van der Waals surface area contributed by atoms with Crippen LogP contribution in [0.1, 0.15) is 194 Å². The summed E-state index contributed by atoms with van der Waals surface area (Å²) >= 11 is 0. The maximum Gasteiger partial charge on any atom is 0.306 e. The van der Waals surface area contributed by atoms with Gasteiger partial charge >= 0.3 is 17.9 Å². The Balaban J connectivity index is 4.00. The Kier molecular flexibility index (Phi) is 39.4. The van der Waals surface area contributed by atoms with E-state index < -0.39 is 0 Å². The summed E-state index contributed by atoms with van der Waals surface area (Å²) < 4.78 is 15.9. The van der Waals surface area contributed by atoms with Crippen LogP contribution in [0.4, 0.5) is 0 Å². The van der Waals surface area contributed by atoms with Crippen molar-refractivity contribution < 1.29 is 28.6 Å². The predicted molar refractivity (Wildman–Crippen MR) is 228 cm³/mol. The lowest BCUT2D eigenvalue weighted by molar-refractivity contribution is -0.150. The molecule has 0 unspecified atom stereocenters. The average molecular weight is 758 g/mol. The molecule has 0 aliphatic carbocycles. The first kappa shape index (κ1) is 51.3. The molecule has 0 heterocycles. The molecular formula is C47H83NO6. The van der Waals surface area contributed by atoms with Gasteiger partial charge in [0.25, 0.3) is 0 Å². The highest BCUT2D eigenvalue weighted by molar-refractivity contribution is 5.70. The third-order valence-electron chi connectivity index (χ3n) is 9.40. The summed E-state index contributed by atoms with van der Waals surface area (Å²) in [7, 11) is 4.09. The second kappa shape index (κ2) is 41.5. The summed E-state index contributed by atoms with van der Waals surface area (Å²) in [5.41, 5.74) is 0. The van der Waals surface area contributed by atoms with Crippen molar-refractivity contribution >= 4 is 17.9 Å². The Morgan fingerprint density at radius 1 is 0.444 bits per heavy atom. The van der Waals surface area contributed by atoms with Gasteiger partial charge in [0, 0.05) is 19.3 Å². The zero-order valence-corrected chi connectivity index (χ0v) is 35.5. The van der Waals surface area contributed by atoms with Crippen molar-refractivity contribution in [2.24, 2.45) is 0 Å². The maximum atomic E-state index is 12.6. The van der Waals surface area contributed by atoms with Crippen LogP contribution in [-0.2, 0) is 28.6 Å². The van der Waals surface area contributed by atoms with E-state index in [0.717, 1.165) is 103 Å². The Morgan fingerprint density at radius 3 is 1.19 bits per heavy atom. The van der Waals surface area contributed by atoms with Crippen molar-refractivity contribution in [3.63, 3.8) is 0 Å². The minimum atomic E-state index is -0.0827. The fourth-order valence-electron chi connectivity index (χ4n) is 6.27. The van der Waals surface area contributed by atoms with Crippen LogP contribution in [0, 0.1) is 0 Å². The Bertz CT molecular complexity index is 921. The Morgan fingerprint density at radius 2 is 0.796 bits per heavy atom. The minimum absolute atomic E-state index is 0.0222. The van der Waals surface area contributed by atoms with E-state index in [-0.39, 0.29) is 24.0 Å². The van der Waals surface area contributed by atoms with Gasteiger partial charge in [-0.1, -0.05) is 100.0 Å². The highest BCUT2D eigenvalue weighted by Gasteiger charge is 2.14. The molecule has 0 bridgehead atoms. The Hall–Kier alpha value is -2.67. The van der Waals surface area contributed by atoms with E-state index in [4.69, 9.17) is 14.2 Å². The smallest absolute Gasteiger partial charge is 0.306 e. The van der Waals surface area contributed by atoms with Crippen LogP contribution in [0.15, 0.2) is 48.6 Å². The van der Waals surface area contributed by atoms with Crippen LogP contribution >= 0.6 is 0 Å². The van der Waals surface area contributed by atoms with Gasteiger partial charge in [-0.15, -0.1) is 0 Å². The van der Waals surface area contributed by atoms with E-state index in [9.17, 15) is 14.4 Å². The Labute approximate surface area is 332 Å². The summed E-state index contributed by atoms with van der Waals surface area (Å²) in [5.74, 6) is -0.188. The zero-order valence-electron chi connectivity index (χ0n) is 35.5. The van der Waals surface area contributed by atoms with Crippen LogP contribution < -0.4 is 0 Å². The molecule has 0 aromatic carbocycles. The monoisotopic (exact) mass is 758 g/mol. The van der Waals surface area contributed by atoms with Gasteiger partial charge < -0.3 is 19.1 Å². The normalized spacial score (nSPS) is 12.5. The molecule has 7 nitrogen and oxygen atoms in total. The number of nitrogens with zero attached hydrogens (tertiary/aromatic N) is 1. The second-order valence-electron chi connectivity index (χ2n) is 14.9. The molecule has 0 saturated carbocycles. The van der Waals surface area contributed by atoms with Gasteiger partial charge in [0.1, 0.15) is 6.10 Å². The molecule has 0 amide bonds. The van der Waals surface area contributed by atoms with Crippen LogP contribution in [0.2, 0.25) is 0 Å². The quantitative estimate of drug-likeness (QED) is 0.0267. The van der Waals surface area contributed by atoms with Gasteiger partial charge in [-0.05, 0) is 144 Å². The molecule has 7 heteroatoms. The number of rotatable bonds is 39. The van der Waals surface area contributed by atoms with Gasteiger partial charge in [0.2, 0.25) is 0 Å². The van der Waals surface area contributed by atoms with E-state index in [2.05, 4.69) is 53.5 Å². The van der Waals surface area contributed by atoms with E-state index in [1.807, 2.05) is 27.9 Å². The lowest BCUT2D eigenvalue weighted by Gasteiger charge is -2.18. The number of hydrogen-bond donors (Lipinski definition) is 0. The van der Waals surface area contributed by atoms with Crippen molar-refractivity contribution in [3.05, 3.63) is 48.6 Å². The van der Waals surface area contributed by atoms with Crippen LogP contribution in [0.25, 0.3) is 0 Å². The number of carbonyl (C=O) groups excluding carboxylic acids is 3. The largest absolute Gasteiger partial charge is 0.466 e. The number of carbonyl (C=O) groups is 3. The summed E-state index contributed by atoms with van der Waals surface area (Å²) in [5, 5.41) is 0.